The predicted octanol–water partition coefficient (Wildman–Crippen LogP) is 2.37. The molecule has 1 N–H and O–H groups in total. The Hall–Kier alpha value is -0.0900. The summed E-state index contributed by atoms with van der Waals surface area (Å²) < 4.78 is 24.7. The minimum Gasteiger partial charge on any atom is -0.306 e. The van der Waals surface area contributed by atoms with Crippen LogP contribution in [0.5, 0.6) is 0 Å². The quantitative estimate of drug-likeness (QED) is 0.808. The Kier molecular flexibility index (Phi) is 2.72. The van der Waals surface area contributed by atoms with Crippen molar-refractivity contribution < 1.29 is 8.42 Å². The van der Waals surface area contributed by atoms with Gasteiger partial charge in [-0.2, -0.15) is 0 Å². The highest BCUT2D eigenvalue weighted by Gasteiger charge is 2.56. The Labute approximate surface area is 122 Å². The number of nitrogens with one attached hydrogen (secondary N) is 1. The number of rotatable bonds is 1. The largest absolute Gasteiger partial charge is 0.306 e. The molecule has 0 radical (unpaired) electrons. The van der Waals surface area contributed by atoms with Crippen LogP contribution in [0.3, 0.4) is 0 Å². The van der Waals surface area contributed by atoms with Crippen molar-refractivity contribution in [3.8, 4) is 0 Å². The third-order valence-corrected chi connectivity index (χ3v) is 8.39. The Morgan fingerprint density at radius 3 is 1.90 bits per heavy atom. The summed E-state index contributed by atoms with van der Waals surface area (Å²) in [5, 5.41) is 3.73. The molecule has 4 heteroatoms. The fourth-order valence-corrected chi connectivity index (χ4v) is 8.60. The SMILES string of the molecule is CC1(C)CS(=O)(=O)CC(C23CC4CC(CC(C4)C2)C3)N1. The van der Waals surface area contributed by atoms with Gasteiger partial charge in [-0.15, -0.1) is 0 Å². The molecule has 3 nitrogen and oxygen atoms in total. The molecule has 0 amide bonds. The fourth-order valence-electron chi connectivity index (χ4n) is 6.35. The molecule has 1 atom stereocenters. The lowest BCUT2D eigenvalue weighted by Crippen LogP contribution is -2.66. The van der Waals surface area contributed by atoms with Crippen LogP contribution in [0, 0.1) is 23.2 Å². The van der Waals surface area contributed by atoms with Crippen molar-refractivity contribution in [1.29, 1.82) is 0 Å². The van der Waals surface area contributed by atoms with E-state index in [4.69, 9.17) is 0 Å². The molecule has 4 saturated carbocycles. The fraction of sp³-hybridized carbons (Fsp3) is 1.00. The Balaban J connectivity index is 1.66. The molecule has 0 aromatic carbocycles. The van der Waals surface area contributed by atoms with Gasteiger partial charge in [-0.25, -0.2) is 8.42 Å². The van der Waals surface area contributed by atoms with Gasteiger partial charge in [0.05, 0.1) is 11.5 Å². The molecule has 0 aromatic rings. The van der Waals surface area contributed by atoms with Gasteiger partial charge in [-0.05, 0) is 75.5 Å². The van der Waals surface area contributed by atoms with E-state index in [0.29, 0.717) is 16.9 Å². The summed E-state index contributed by atoms with van der Waals surface area (Å²) >= 11 is 0. The maximum absolute atomic E-state index is 12.3. The van der Waals surface area contributed by atoms with E-state index >= 15 is 0 Å². The standard InChI is InChI=1S/C16H27NO2S/c1-15(2)10-20(18,19)9-14(17-15)16-6-11-3-12(7-16)5-13(4-11)8-16/h11-14,17H,3-10H2,1-2H3. The molecule has 5 aliphatic rings. The van der Waals surface area contributed by atoms with Crippen LogP contribution in [0.2, 0.25) is 0 Å². The van der Waals surface area contributed by atoms with Crippen molar-refractivity contribution >= 4 is 9.84 Å². The van der Waals surface area contributed by atoms with Gasteiger partial charge >= 0.3 is 0 Å². The summed E-state index contributed by atoms with van der Waals surface area (Å²) in [6, 6.07) is 0.199. The molecule has 1 saturated heterocycles. The van der Waals surface area contributed by atoms with Crippen LogP contribution in [0.15, 0.2) is 0 Å². The minimum absolute atomic E-state index is 0.199. The van der Waals surface area contributed by atoms with Crippen LogP contribution >= 0.6 is 0 Å². The molecule has 1 aliphatic heterocycles. The van der Waals surface area contributed by atoms with Crippen molar-refractivity contribution in [1.82, 2.24) is 5.32 Å². The van der Waals surface area contributed by atoms with E-state index in [0.717, 1.165) is 17.8 Å². The third-order valence-electron chi connectivity index (χ3n) is 6.39. The summed E-state index contributed by atoms with van der Waals surface area (Å²) in [5.41, 5.74) is 0.0323. The monoisotopic (exact) mass is 297 g/mol. The summed E-state index contributed by atoms with van der Waals surface area (Å²) in [4.78, 5) is 0. The minimum atomic E-state index is -2.90. The summed E-state index contributed by atoms with van der Waals surface area (Å²) in [6.45, 7) is 4.11. The second-order valence-electron chi connectivity index (χ2n) is 8.92. The van der Waals surface area contributed by atoms with Crippen molar-refractivity contribution in [3.63, 3.8) is 0 Å². The molecular formula is C16H27NO2S. The van der Waals surface area contributed by atoms with Gasteiger partial charge in [0, 0.05) is 11.6 Å². The van der Waals surface area contributed by atoms with Crippen LogP contribution < -0.4 is 5.32 Å². The second kappa shape index (κ2) is 4.01. The van der Waals surface area contributed by atoms with Crippen LogP contribution in [0.25, 0.3) is 0 Å². The first-order valence-electron chi connectivity index (χ1n) is 8.23. The first kappa shape index (κ1) is 13.6. The highest BCUT2D eigenvalue weighted by Crippen LogP contribution is 2.61. The van der Waals surface area contributed by atoms with E-state index in [1.807, 2.05) is 0 Å². The van der Waals surface area contributed by atoms with Crippen molar-refractivity contribution in [2.75, 3.05) is 11.5 Å². The van der Waals surface area contributed by atoms with E-state index < -0.39 is 9.84 Å². The zero-order valence-corrected chi connectivity index (χ0v) is 13.5. The van der Waals surface area contributed by atoms with Gasteiger partial charge in [-0.3, -0.25) is 0 Å². The predicted molar refractivity (Wildman–Crippen MR) is 80.3 cm³/mol. The Morgan fingerprint density at radius 2 is 1.45 bits per heavy atom. The van der Waals surface area contributed by atoms with Gasteiger partial charge < -0.3 is 5.32 Å². The molecule has 4 aliphatic carbocycles. The van der Waals surface area contributed by atoms with E-state index in [2.05, 4.69) is 19.2 Å². The number of hydrogen-bond donors (Lipinski definition) is 1. The molecule has 5 fully saturated rings. The molecule has 1 unspecified atom stereocenters. The average Bonchev–Trinajstić information content (AvgIpc) is 2.22. The maximum Gasteiger partial charge on any atom is 0.153 e. The highest BCUT2D eigenvalue weighted by molar-refractivity contribution is 7.91. The van der Waals surface area contributed by atoms with Crippen molar-refractivity contribution in [2.45, 2.75) is 64.0 Å². The van der Waals surface area contributed by atoms with Crippen LogP contribution in [-0.2, 0) is 9.84 Å². The van der Waals surface area contributed by atoms with Crippen LogP contribution in [0.4, 0.5) is 0 Å². The zero-order valence-electron chi connectivity index (χ0n) is 12.7. The first-order chi connectivity index (χ1) is 9.25. The van der Waals surface area contributed by atoms with E-state index in [-0.39, 0.29) is 11.6 Å². The summed E-state index contributed by atoms with van der Waals surface area (Å²) in [7, 11) is -2.90. The normalized spacial score (nSPS) is 52.1. The average molecular weight is 297 g/mol. The van der Waals surface area contributed by atoms with Gasteiger partial charge in [0.15, 0.2) is 9.84 Å². The van der Waals surface area contributed by atoms with Crippen molar-refractivity contribution in [3.05, 3.63) is 0 Å². The van der Waals surface area contributed by atoms with Gasteiger partial charge in [-0.1, -0.05) is 0 Å². The molecule has 5 rings (SSSR count). The number of hydrogen-bond acceptors (Lipinski definition) is 3. The van der Waals surface area contributed by atoms with E-state index in [1.165, 1.54) is 38.5 Å². The van der Waals surface area contributed by atoms with E-state index in [1.54, 1.807) is 0 Å². The molecule has 20 heavy (non-hydrogen) atoms. The molecule has 0 spiro atoms. The molecular weight excluding hydrogens is 270 g/mol. The Bertz CT molecular complexity index is 487. The molecule has 4 bridgehead atoms. The lowest BCUT2D eigenvalue weighted by molar-refractivity contribution is -0.0742. The lowest BCUT2D eigenvalue weighted by atomic mass is 9.47. The molecule has 114 valence electrons. The maximum atomic E-state index is 12.3. The Morgan fingerprint density at radius 1 is 0.950 bits per heavy atom. The van der Waals surface area contributed by atoms with Gasteiger partial charge in [0.1, 0.15) is 0 Å². The topological polar surface area (TPSA) is 46.2 Å². The number of sulfone groups is 1. The summed E-state index contributed by atoms with van der Waals surface area (Å²) in [5.74, 6) is 3.33. The first-order valence-corrected chi connectivity index (χ1v) is 10.1. The second-order valence-corrected chi connectivity index (χ2v) is 11.0. The molecule has 1 heterocycles. The third kappa shape index (κ3) is 2.14. The molecule has 0 aromatic heterocycles. The lowest BCUT2D eigenvalue weighted by Gasteiger charge is -2.61. The van der Waals surface area contributed by atoms with E-state index in [9.17, 15) is 8.42 Å². The zero-order chi connectivity index (χ0) is 14.2. The van der Waals surface area contributed by atoms with Crippen molar-refractivity contribution in [2.24, 2.45) is 23.2 Å². The smallest absolute Gasteiger partial charge is 0.153 e. The van der Waals surface area contributed by atoms with Crippen LogP contribution in [0.1, 0.15) is 52.4 Å². The van der Waals surface area contributed by atoms with Gasteiger partial charge in [0.2, 0.25) is 0 Å². The highest BCUT2D eigenvalue weighted by atomic mass is 32.2. The van der Waals surface area contributed by atoms with Gasteiger partial charge in [0.25, 0.3) is 0 Å². The van der Waals surface area contributed by atoms with Crippen LogP contribution in [-0.4, -0.2) is 31.5 Å². The summed E-state index contributed by atoms with van der Waals surface area (Å²) in [6.07, 6.45) is 8.10.